The van der Waals surface area contributed by atoms with Crippen LogP contribution in [-0.2, 0) is 0 Å². The third-order valence-corrected chi connectivity index (χ3v) is 7.34. The molecule has 1 atom stereocenters. The summed E-state index contributed by atoms with van der Waals surface area (Å²) in [5.74, 6) is 0.628. The summed E-state index contributed by atoms with van der Waals surface area (Å²) in [7, 11) is 1.57. The van der Waals surface area contributed by atoms with Crippen LogP contribution in [0.25, 0.3) is 11.0 Å². The number of hydrogen-bond acceptors (Lipinski definition) is 6. The van der Waals surface area contributed by atoms with E-state index in [-0.39, 0.29) is 22.5 Å². The molecule has 0 aliphatic carbocycles. The number of hydrogen-bond donors (Lipinski definition) is 0. The quantitative estimate of drug-likeness (QED) is 0.159. The molecule has 5 rings (SSSR count). The van der Waals surface area contributed by atoms with Crippen molar-refractivity contribution in [1.82, 2.24) is 0 Å². The van der Waals surface area contributed by atoms with E-state index in [1.165, 1.54) is 6.92 Å². The van der Waals surface area contributed by atoms with Crippen molar-refractivity contribution in [2.75, 3.05) is 18.6 Å². The van der Waals surface area contributed by atoms with Crippen LogP contribution in [0.1, 0.15) is 83.2 Å². The van der Waals surface area contributed by atoms with E-state index >= 15 is 0 Å². The van der Waals surface area contributed by atoms with E-state index in [0.717, 1.165) is 31.2 Å². The number of Topliss-reactive ketones (excluding diaryl/α,β-unsaturated/α-hetero) is 1. The predicted octanol–water partition coefficient (Wildman–Crippen LogP) is 7.02. The Hall–Kier alpha value is -4.39. The molecule has 0 saturated carbocycles. The SMILES string of the molecule is CCCCCCOc1ccc(C2c3c(oc4ccc(C)cc4c3=O)C(=O)N2c2ccc(C(C)=O)cc2)cc1OC. The van der Waals surface area contributed by atoms with Crippen molar-refractivity contribution in [3.05, 3.63) is 98.9 Å². The highest BCUT2D eigenvalue weighted by molar-refractivity contribution is 6.11. The largest absolute Gasteiger partial charge is 0.493 e. The topological polar surface area (TPSA) is 86.0 Å². The maximum absolute atomic E-state index is 13.9. The Labute approximate surface area is 233 Å². The molecule has 1 amide bonds. The molecule has 0 fully saturated rings. The number of aryl methyl sites for hydroxylation is 1. The molecule has 1 unspecified atom stereocenters. The number of nitrogens with zero attached hydrogens (tertiary/aromatic N) is 1. The molecule has 3 aromatic carbocycles. The molecule has 1 aliphatic rings. The van der Waals surface area contributed by atoms with E-state index in [4.69, 9.17) is 13.9 Å². The zero-order valence-corrected chi connectivity index (χ0v) is 23.3. The molecule has 1 aromatic heterocycles. The Bertz CT molecular complexity index is 1640. The average molecular weight is 540 g/mol. The van der Waals surface area contributed by atoms with Gasteiger partial charge < -0.3 is 13.9 Å². The van der Waals surface area contributed by atoms with Crippen molar-refractivity contribution in [2.24, 2.45) is 0 Å². The molecule has 0 saturated heterocycles. The smallest absolute Gasteiger partial charge is 0.295 e. The fourth-order valence-corrected chi connectivity index (χ4v) is 5.21. The van der Waals surface area contributed by atoms with E-state index in [0.29, 0.717) is 45.9 Å². The molecule has 0 spiro atoms. The van der Waals surface area contributed by atoms with Gasteiger partial charge in [0, 0.05) is 11.3 Å². The van der Waals surface area contributed by atoms with Crippen molar-refractivity contribution in [2.45, 2.75) is 52.5 Å². The van der Waals surface area contributed by atoms with E-state index in [9.17, 15) is 14.4 Å². The van der Waals surface area contributed by atoms with Gasteiger partial charge >= 0.3 is 0 Å². The first-order valence-electron chi connectivity index (χ1n) is 13.7. The Morgan fingerprint density at radius 1 is 0.950 bits per heavy atom. The minimum atomic E-state index is -0.764. The van der Waals surface area contributed by atoms with Crippen LogP contribution in [0.3, 0.4) is 0 Å². The summed E-state index contributed by atoms with van der Waals surface area (Å²) < 4.78 is 17.8. The van der Waals surface area contributed by atoms with Crippen LogP contribution < -0.4 is 19.8 Å². The Kier molecular flexibility index (Phi) is 7.74. The summed E-state index contributed by atoms with van der Waals surface area (Å²) in [5, 5.41) is 0.421. The number of ether oxygens (including phenoxy) is 2. The van der Waals surface area contributed by atoms with Gasteiger partial charge in [-0.05, 0) is 74.4 Å². The summed E-state index contributed by atoms with van der Waals surface area (Å²) in [6.45, 7) is 6.14. The standard InChI is InChI=1S/C33H33NO6/c1-5-6-7-8-17-39-27-16-12-23(19-28(27)38-4)30-29-31(36)25-18-20(2)9-15-26(25)40-32(29)33(37)34(30)24-13-10-22(11-14-24)21(3)35/h9-16,18-19,30H,5-8,17H2,1-4H3. The van der Waals surface area contributed by atoms with Gasteiger partial charge in [-0.25, -0.2) is 0 Å². The minimum absolute atomic E-state index is 0.0113. The number of benzene rings is 3. The highest BCUT2D eigenvalue weighted by Crippen LogP contribution is 2.43. The van der Waals surface area contributed by atoms with Crippen LogP contribution in [0.15, 0.2) is 69.9 Å². The van der Waals surface area contributed by atoms with E-state index in [1.807, 2.05) is 31.2 Å². The van der Waals surface area contributed by atoms with Gasteiger partial charge in [0.1, 0.15) is 5.58 Å². The molecule has 1 aliphatic heterocycles. The van der Waals surface area contributed by atoms with Gasteiger partial charge in [0.15, 0.2) is 22.7 Å². The maximum atomic E-state index is 13.9. The van der Waals surface area contributed by atoms with Gasteiger partial charge in [-0.15, -0.1) is 0 Å². The van der Waals surface area contributed by atoms with Gasteiger partial charge in [0.05, 0.1) is 30.7 Å². The maximum Gasteiger partial charge on any atom is 0.295 e. The first kappa shape index (κ1) is 27.2. The molecule has 0 N–H and O–H groups in total. The van der Waals surface area contributed by atoms with Crippen LogP contribution in [0.5, 0.6) is 11.5 Å². The summed E-state index contributed by atoms with van der Waals surface area (Å²) in [5.41, 5.74) is 3.05. The molecule has 0 radical (unpaired) electrons. The fraction of sp³-hybridized carbons (Fsp3) is 0.303. The molecule has 7 nitrogen and oxygen atoms in total. The number of carbonyl (C=O) groups excluding carboxylic acids is 2. The number of rotatable bonds is 10. The first-order valence-corrected chi connectivity index (χ1v) is 13.7. The van der Waals surface area contributed by atoms with Gasteiger partial charge in [0.25, 0.3) is 5.91 Å². The van der Waals surface area contributed by atoms with E-state index in [1.54, 1.807) is 48.4 Å². The number of fused-ring (bicyclic) bond motifs is 2. The Morgan fingerprint density at radius 2 is 1.73 bits per heavy atom. The second kappa shape index (κ2) is 11.4. The summed E-state index contributed by atoms with van der Waals surface area (Å²) in [4.78, 5) is 41.2. The van der Waals surface area contributed by atoms with E-state index in [2.05, 4.69) is 6.92 Å². The van der Waals surface area contributed by atoms with Crippen molar-refractivity contribution < 1.29 is 23.5 Å². The van der Waals surface area contributed by atoms with Crippen molar-refractivity contribution in [3.8, 4) is 11.5 Å². The van der Waals surface area contributed by atoms with Gasteiger partial charge in [-0.2, -0.15) is 0 Å². The minimum Gasteiger partial charge on any atom is -0.493 e. The number of ketones is 1. The van der Waals surface area contributed by atoms with Gasteiger partial charge in [-0.3, -0.25) is 19.3 Å². The molecule has 4 aromatic rings. The molecule has 206 valence electrons. The molecular formula is C33H33NO6. The fourth-order valence-electron chi connectivity index (χ4n) is 5.21. The highest BCUT2D eigenvalue weighted by Gasteiger charge is 2.44. The first-order chi connectivity index (χ1) is 19.3. The summed E-state index contributed by atoms with van der Waals surface area (Å²) >= 11 is 0. The molecule has 40 heavy (non-hydrogen) atoms. The lowest BCUT2D eigenvalue weighted by Gasteiger charge is -2.26. The van der Waals surface area contributed by atoms with Crippen LogP contribution in [-0.4, -0.2) is 25.4 Å². The highest BCUT2D eigenvalue weighted by atomic mass is 16.5. The average Bonchev–Trinajstić information content (AvgIpc) is 3.25. The summed E-state index contributed by atoms with van der Waals surface area (Å²) in [6.07, 6.45) is 4.35. The number of unbranched alkanes of at least 4 members (excludes halogenated alkanes) is 3. The monoisotopic (exact) mass is 539 g/mol. The lowest BCUT2D eigenvalue weighted by Crippen LogP contribution is -2.29. The summed E-state index contributed by atoms with van der Waals surface area (Å²) in [6, 6.07) is 16.8. The number of methoxy groups -OCH3 is 1. The van der Waals surface area contributed by atoms with Crippen LogP contribution in [0, 0.1) is 6.92 Å². The van der Waals surface area contributed by atoms with Crippen molar-refractivity contribution in [3.63, 3.8) is 0 Å². The number of amides is 1. The third-order valence-electron chi connectivity index (χ3n) is 7.34. The second-order valence-electron chi connectivity index (χ2n) is 10.2. The zero-order valence-electron chi connectivity index (χ0n) is 23.3. The number of carbonyl (C=O) groups is 2. The molecule has 2 heterocycles. The van der Waals surface area contributed by atoms with Gasteiger partial charge in [0.2, 0.25) is 5.76 Å². The van der Waals surface area contributed by atoms with Crippen molar-refractivity contribution >= 4 is 28.3 Å². The van der Waals surface area contributed by atoms with E-state index < -0.39 is 11.9 Å². The molecule has 0 bridgehead atoms. The normalized spacial score (nSPS) is 14.4. The van der Waals surface area contributed by atoms with Crippen LogP contribution >= 0.6 is 0 Å². The lowest BCUT2D eigenvalue weighted by atomic mass is 9.97. The Morgan fingerprint density at radius 3 is 2.42 bits per heavy atom. The lowest BCUT2D eigenvalue weighted by molar-refractivity contribution is 0.0970. The van der Waals surface area contributed by atoms with Gasteiger partial charge in [-0.1, -0.05) is 43.9 Å². The zero-order chi connectivity index (χ0) is 28.4. The van der Waals surface area contributed by atoms with Crippen molar-refractivity contribution in [1.29, 1.82) is 0 Å². The van der Waals surface area contributed by atoms with Crippen LogP contribution in [0.2, 0.25) is 0 Å². The third kappa shape index (κ3) is 4.99. The molecule has 7 heteroatoms. The molecular weight excluding hydrogens is 506 g/mol. The Balaban J connectivity index is 1.63. The predicted molar refractivity (Wildman–Crippen MR) is 155 cm³/mol. The number of anilines is 1. The second-order valence-corrected chi connectivity index (χ2v) is 10.2. The van der Waals surface area contributed by atoms with Crippen LogP contribution in [0.4, 0.5) is 5.69 Å².